The van der Waals surface area contributed by atoms with E-state index in [2.05, 4.69) is 32.2 Å². The van der Waals surface area contributed by atoms with E-state index in [1.807, 2.05) is 0 Å². The molecule has 0 saturated carbocycles. The summed E-state index contributed by atoms with van der Waals surface area (Å²) in [6.07, 6.45) is 5.47. The van der Waals surface area contributed by atoms with Crippen LogP contribution in [0.25, 0.3) is 37.0 Å². The molecule has 2 N–H and O–H groups in total. The van der Waals surface area contributed by atoms with Gasteiger partial charge in [0.15, 0.2) is 11.6 Å². The molecule has 8 nitrogen and oxygen atoms in total. The summed E-state index contributed by atoms with van der Waals surface area (Å²) in [4.78, 5) is 15.9. The molecule has 0 aliphatic carbocycles. The molecular weight excluding hydrogens is 644 g/mol. The molecule has 4 aromatic rings. The minimum atomic E-state index is -2.83. The van der Waals surface area contributed by atoms with Gasteiger partial charge in [-0.1, -0.05) is 35.7 Å². The lowest BCUT2D eigenvalue weighted by Gasteiger charge is -2.31. The summed E-state index contributed by atoms with van der Waals surface area (Å²) in [5.41, 5.74) is 6.24. The molecule has 1 unspecified atom stereocenters. The first kappa shape index (κ1) is 30.4. The van der Waals surface area contributed by atoms with Gasteiger partial charge in [-0.25, -0.2) is 22.4 Å². The van der Waals surface area contributed by atoms with Gasteiger partial charge in [0.25, 0.3) is 6.43 Å². The van der Waals surface area contributed by atoms with Crippen molar-refractivity contribution in [2.45, 2.75) is 37.3 Å². The van der Waals surface area contributed by atoms with Crippen LogP contribution in [-0.2, 0) is 0 Å². The number of anilines is 2. The quantitative estimate of drug-likeness (QED) is 0.101. The van der Waals surface area contributed by atoms with Crippen molar-refractivity contribution < 1.29 is 27.0 Å². The van der Waals surface area contributed by atoms with Gasteiger partial charge < -0.3 is 20.1 Å². The Hall–Kier alpha value is -4.30. The maximum absolute atomic E-state index is 17.0. The summed E-state index contributed by atoms with van der Waals surface area (Å²) < 4.78 is 72.0. The third-order valence-electron chi connectivity index (χ3n) is 8.88. The molecule has 2 aromatic heterocycles. The van der Waals surface area contributed by atoms with Crippen molar-refractivity contribution in [2.24, 2.45) is 0 Å². The number of hydrogen-bond donors (Lipinski definition) is 1. The molecule has 236 valence electrons. The molecule has 3 aliphatic rings. The Bertz CT molecular complexity index is 2040. The van der Waals surface area contributed by atoms with Crippen molar-refractivity contribution in [1.29, 1.82) is 0 Å². The number of rotatable bonds is 6. The molecule has 0 amide bonds. The maximum atomic E-state index is 17.0. The lowest BCUT2D eigenvalue weighted by Crippen LogP contribution is -2.43. The normalized spacial score (nSPS) is 21.0. The van der Waals surface area contributed by atoms with Crippen LogP contribution < -0.4 is 20.1 Å². The van der Waals surface area contributed by atoms with Gasteiger partial charge >= 0.3 is 6.01 Å². The van der Waals surface area contributed by atoms with Gasteiger partial charge in [-0.3, -0.25) is 4.90 Å². The minimum Gasteiger partial charge on any atom is -0.488 e. The second-order valence-corrected chi connectivity index (χ2v) is 13.0. The van der Waals surface area contributed by atoms with E-state index in [-0.39, 0.29) is 84.2 Å². The molecular formula is C32H25ClF4N6O2S. The van der Waals surface area contributed by atoms with Gasteiger partial charge in [0, 0.05) is 17.5 Å². The van der Waals surface area contributed by atoms with Gasteiger partial charge in [-0.15, -0.1) is 17.8 Å². The minimum absolute atomic E-state index is 0.0461. The highest BCUT2D eigenvalue weighted by molar-refractivity contribution is 7.23. The number of nitrogens with two attached hydrogens (primary N) is 1. The molecule has 46 heavy (non-hydrogen) atoms. The van der Waals surface area contributed by atoms with Crippen molar-refractivity contribution in [3.8, 4) is 35.2 Å². The zero-order valence-electron chi connectivity index (χ0n) is 24.2. The molecule has 0 radical (unpaired) electrons. The predicted molar refractivity (Wildman–Crippen MR) is 170 cm³/mol. The number of nitrogen functional groups attached to an aromatic ring is 1. The van der Waals surface area contributed by atoms with Gasteiger partial charge in [0.1, 0.15) is 36.4 Å². The summed E-state index contributed by atoms with van der Waals surface area (Å²) in [7, 11) is 0. The Labute approximate surface area is 270 Å². The molecule has 2 atom stereocenters. The fourth-order valence-corrected chi connectivity index (χ4v) is 8.19. The van der Waals surface area contributed by atoms with Crippen LogP contribution in [0.5, 0.6) is 11.8 Å². The Morgan fingerprint density at radius 3 is 2.87 bits per heavy atom. The van der Waals surface area contributed by atoms with Crippen LogP contribution in [0.3, 0.4) is 0 Å². The number of alkyl halides is 2. The standard InChI is InChI=1S/C32H25ClF4N6O2S/c1-4-16-13-44-27-22-25(24(37)20(23(27)33)17-6-7-18(34)28-21(17)26(39-3)29(38)46-28)40-31(41-30(22)43(16)12-19(35)36)45-14-32-8-5-9-42(32)11-15(2)10-32/h1,6-7,16,19H,2,5,8-14,38H2/t16?,32-/m0/s1. The van der Waals surface area contributed by atoms with Gasteiger partial charge in [-0.2, -0.15) is 9.97 Å². The smallest absolute Gasteiger partial charge is 0.319 e. The third-order valence-corrected chi connectivity index (χ3v) is 10.3. The van der Waals surface area contributed by atoms with Crippen LogP contribution >= 0.6 is 22.9 Å². The number of benzene rings is 2. The van der Waals surface area contributed by atoms with Crippen LogP contribution in [0, 0.1) is 30.6 Å². The van der Waals surface area contributed by atoms with Crippen molar-refractivity contribution in [3.63, 3.8) is 0 Å². The first-order valence-electron chi connectivity index (χ1n) is 14.4. The molecule has 0 bridgehead atoms. The van der Waals surface area contributed by atoms with E-state index < -0.39 is 30.6 Å². The van der Waals surface area contributed by atoms with E-state index in [1.54, 1.807) is 0 Å². The van der Waals surface area contributed by atoms with Crippen molar-refractivity contribution in [1.82, 2.24) is 14.9 Å². The van der Waals surface area contributed by atoms with E-state index >= 15 is 4.39 Å². The maximum Gasteiger partial charge on any atom is 0.319 e. The molecule has 14 heteroatoms. The monoisotopic (exact) mass is 668 g/mol. The fraction of sp³-hybridized carbons (Fsp3) is 0.344. The summed E-state index contributed by atoms with van der Waals surface area (Å²) in [5, 5.41) is -0.193. The van der Waals surface area contributed by atoms with Crippen LogP contribution in [-0.4, -0.2) is 65.7 Å². The molecule has 3 aliphatic heterocycles. The molecule has 0 spiro atoms. The summed E-state index contributed by atoms with van der Waals surface area (Å²) in [5.74, 6) is 0.631. The summed E-state index contributed by atoms with van der Waals surface area (Å²) in [6.45, 7) is 12.5. The first-order valence-corrected chi connectivity index (χ1v) is 15.6. The number of hydrogen-bond acceptors (Lipinski definition) is 8. The number of terminal acetylenes is 1. The molecule has 7 rings (SSSR count). The third kappa shape index (κ3) is 4.60. The summed E-state index contributed by atoms with van der Waals surface area (Å²) >= 11 is 7.73. The number of halogens is 5. The lowest BCUT2D eigenvalue weighted by molar-refractivity contribution is 0.108. The number of nitrogens with zero attached hydrogens (tertiary/aromatic N) is 5. The number of ether oxygens (including phenoxy) is 2. The topological polar surface area (TPSA) is 81.1 Å². The van der Waals surface area contributed by atoms with E-state index in [4.69, 9.17) is 39.8 Å². The Morgan fingerprint density at radius 2 is 2.13 bits per heavy atom. The van der Waals surface area contributed by atoms with E-state index in [0.29, 0.717) is 6.42 Å². The zero-order valence-corrected chi connectivity index (χ0v) is 25.8. The molecule has 2 aromatic carbocycles. The average molecular weight is 669 g/mol. The van der Waals surface area contributed by atoms with Crippen molar-refractivity contribution >= 4 is 60.4 Å². The SMILES string of the molecule is [C-]#[N+]c1c(N)sc2c(F)ccc(-c3c(Cl)c4c5c(nc(OC[C@@]67CCCN6CC(=C)C7)nc5c3F)N(CC(F)F)C(C#C)CO4)c12. The predicted octanol–water partition coefficient (Wildman–Crippen LogP) is 7.22. The zero-order chi connectivity index (χ0) is 32.5. The number of aromatic nitrogens is 2. The van der Waals surface area contributed by atoms with E-state index in [0.717, 1.165) is 53.8 Å². The Balaban J connectivity index is 1.48. The highest BCUT2D eigenvalue weighted by atomic mass is 35.5. The molecule has 5 heterocycles. The highest BCUT2D eigenvalue weighted by Gasteiger charge is 2.47. The van der Waals surface area contributed by atoms with Gasteiger partial charge in [0.05, 0.1) is 38.8 Å². The van der Waals surface area contributed by atoms with Crippen molar-refractivity contribution in [2.75, 3.05) is 43.5 Å². The molecule has 2 saturated heterocycles. The number of thiophene rings is 1. The second-order valence-electron chi connectivity index (χ2n) is 11.6. The highest BCUT2D eigenvalue weighted by Crippen LogP contribution is 2.53. The second kappa shape index (κ2) is 11.2. The average Bonchev–Trinajstić information content (AvgIpc) is 3.63. The van der Waals surface area contributed by atoms with Gasteiger partial charge in [0.2, 0.25) is 5.69 Å². The van der Waals surface area contributed by atoms with Crippen LogP contribution in [0.1, 0.15) is 19.3 Å². The van der Waals surface area contributed by atoms with Crippen molar-refractivity contribution in [3.05, 3.63) is 52.4 Å². The molecule has 2 fully saturated rings. The largest absolute Gasteiger partial charge is 0.488 e. The van der Waals surface area contributed by atoms with Gasteiger partial charge in [-0.05, 0) is 37.4 Å². The lowest BCUT2D eigenvalue weighted by atomic mass is 9.94. The van der Waals surface area contributed by atoms with E-state index in [9.17, 15) is 13.2 Å². The van der Waals surface area contributed by atoms with Crippen LogP contribution in [0.15, 0.2) is 24.3 Å². The number of fused-ring (bicyclic) bond motifs is 2. The fourth-order valence-electron chi connectivity index (χ4n) is 6.92. The summed E-state index contributed by atoms with van der Waals surface area (Å²) in [6, 6.07) is 1.15. The Morgan fingerprint density at radius 1 is 1.33 bits per heavy atom. The van der Waals surface area contributed by atoms with Crippen LogP contribution in [0.2, 0.25) is 5.02 Å². The first-order chi connectivity index (χ1) is 22.1. The Kier molecular flexibility index (Phi) is 7.39. The van der Waals surface area contributed by atoms with E-state index in [1.165, 1.54) is 6.07 Å². The van der Waals surface area contributed by atoms with Crippen LogP contribution in [0.4, 0.5) is 34.1 Å².